The zero-order valence-electron chi connectivity index (χ0n) is 8.12. The minimum absolute atomic E-state index is 0.0258. The Morgan fingerprint density at radius 2 is 2.38 bits per heavy atom. The first-order valence-electron chi connectivity index (χ1n) is 4.62. The standard InChI is InChI=1S/C9H16N2O2/c1-3-9(13)10-7-4-8(6-12)11(2)5-7/h6-8H,3-5H2,1-2H3,(H,10,13). The molecule has 1 fully saturated rings. The second kappa shape index (κ2) is 4.37. The van der Waals surface area contributed by atoms with Gasteiger partial charge in [-0.05, 0) is 13.5 Å². The van der Waals surface area contributed by atoms with Crippen molar-refractivity contribution in [2.24, 2.45) is 0 Å². The molecular formula is C9H16N2O2. The van der Waals surface area contributed by atoms with Crippen LogP contribution in [0.2, 0.25) is 0 Å². The predicted molar refractivity (Wildman–Crippen MR) is 49.3 cm³/mol. The van der Waals surface area contributed by atoms with E-state index in [0.717, 1.165) is 19.3 Å². The number of nitrogens with zero attached hydrogens (tertiary/aromatic N) is 1. The van der Waals surface area contributed by atoms with Gasteiger partial charge in [-0.1, -0.05) is 6.92 Å². The minimum atomic E-state index is -0.0258. The largest absolute Gasteiger partial charge is 0.352 e. The molecule has 1 heterocycles. The quantitative estimate of drug-likeness (QED) is 0.617. The molecule has 1 aliphatic heterocycles. The lowest BCUT2D eigenvalue weighted by atomic mass is 10.2. The second-order valence-corrected chi connectivity index (χ2v) is 3.50. The maximum Gasteiger partial charge on any atom is 0.219 e. The highest BCUT2D eigenvalue weighted by Crippen LogP contribution is 2.13. The van der Waals surface area contributed by atoms with Gasteiger partial charge < -0.3 is 10.1 Å². The Morgan fingerprint density at radius 3 is 2.85 bits per heavy atom. The SMILES string of the molecule is CCC(=O)NC1CC(C=O)N(C)C1. The molecule has 1 rings (SSSR count). The first-order valence-corrected chi connectivity index (χ1v) is 4.62. The summed E-state index contributed by atoms with van der Waals surface area (Å²) in [5, 5.41) is 2.88. The van der Waals surface area contributed by atoms with Crippen molar-refractivity contribution in [1.82, 2.24) is 10.2 Å². The molecule has 2 unspecified atom stereocenters. The Bertz CT molecular complexity index is 206. The lowest BCUT2D eigenvalue weighted by molar-refractivity contribution is -0.121. The molecule has 0 aromatic rings. The lowest BCUT2D eigenvalue weighted by Gasteiger charge is -2.12. The van der Waals surface area contributed by atoms with Gasteiger partial charge in [-0.2, -0.15) is 0 Å². The molecule has 4 nitrogen and oxygen atoms in total. The number of likely N-dealkylation sites (N-methyl/N-ethyl adjacent to an activating group) is 1. The van der Waals surface area contributed by atoms with Gasteiger partial charge in [0.2, 0.25) is 5.91 Å². The molecular weight excluding hydrogens is 168 g/mol. The zero-order chi connectivity index (χ0) is 9.84. The van der Waals surface area contributed by atoms with Crippen LogP contribution in [0, 0.1) is 0 Å². The van der Waals surface area contributed by atoms with Crippen molar-refractivity contribution in [2.45, 2.75) is 31.8 Å². The van der Waals surface area contributed by atoms with Crippen LogP contribution in [-0.2, 0) is 9.59 Å². The number of hydrogen-bond acceptors (Lipinski definition) is 3. The number of carbonyl (C=O) groups is 2. The number of rotatable bonds is 3. The predicted octanol–water partition coefficient (Wildman–Crippen LogP) is -0.216. The summed E-state index contributed by atoms with van der Waals surface area (Å²) in [4.78, 5) is 23.6. The molecule has 1 amide bonds. The number of aldehydes is 1. The molecule has 0 radical (unpaired) electrons. The molecule has 1 saturated heterocycles. The Morgan fingerprint density at radius 1 is 1.69 bits per heavy atom. The summed E-state index contributed by atoms with van der Waals surface area (Å²) < 4.78 is 0. The first kappa shape index (κ1) is 10.2. The summed E-state index contributed by atoms with van der Waals surface area (Å²) in [6.07, 6.45) is 2.19. The molecule has 0 aromatic carbocycles. The summed E-state index contributed by atoms with van der Waals surface area (Å²) in [6, 6.07) is 0.120. The van der Waals surface area contributed by atoms with Crippen molar-refractivity contribution in [3.63, 3.8) is 0 Å². The molecule has 0 spiro atoms. The number of hydrogen-bond donors (Lipinski definition) is 1. The monoisotopic (exact) mass is 184 g/mol. The molecule has 1 aliphatic rings. The number of nitrogens with one attached hydrogen (secondary N) is 1. The van der Waals surface area contributed by atoms with Crippen molar-refractivity contribution in [3.05, 3.63) is 0 Å². The van der Waals surface area contributed by atoms with Crippen LogP contribution in [0.1, 0.15) is 19.8 Å². The van der Waals surface area contributed by atoms with Crippen LogP contribution in [0.15, 0.2) is 0 Å². The van der Waals surface area contributed by atoms with Gasteiger partial charge in [-0.3, -0.25) is 9.69 Å². The van der Waals surface area contributed by atoms with Crippen LogP contribution in [-0.4, -0.2) is 42.8 Å². The van der Waals surface area contributed by atoms with Gasteiger partial charge in [0.05, 0.1) is 6.04 Å². The van der Waals surface area contributed by atoms with Crippen LogP contribution < -0.4 is 5.32 Å². The van der Waals surface area contributed by atoms with E-state index in [1.54, 1.807) is 0 Å². The van der Waals surface area contributed by atoms with Gasteiger partial charge in [0.1, 0.15) is 6.29 Å². The fraction of sp³-hybridized carbons (Fsp3) is 0.778. The van der Waals surface area contributed by atoms with Crippen LogP contribution in [0.25, 0.3) is 0 Å². The van der Waals surface area contributed by atoms with Crippen molar-refractivity contribution in [1.29, 1.82) is 0 Å². The van der Waals surface area contributed by atoms with E-state index in [9.17, 15) is 9.59 Å². The topological polar surface area (TPSA) is 49.4 Å². The molecule has 0 aliphatic carbocycles. The minimum Gasteiger partial charge on any atom is -0.352 e. The number of amides is 1. The Hall–Kier alpha value is -0.900. The normalized spacial score (nSPS) is 28.8. The molecule has 2 atom stereocenters. The Balaban J connectivity index is 2.39. The highest BCUT2D eigenvalue weighted by atomic mass is 16.1. The highest BCUT2D eigenvalue weighted by molar-refractivity contribution is 5.76. The lowest BCUT2D eigenvalue weighted by Crippen LogP contribution is -2.35. The number of likely N-dealkylation sites (tertiary alicyclic amines) is 1. The molecule has 4 heteroatoms. The van der Waals surface area contributed by atoms with Gasteiger partial charge in [-0.15, -0.1) is 0 Å². The van der Waals surface area contributed by atoms with E-state index in [1.807, 2.05) is 18.9 Å². The molecule has 0 saturated carbocycles. The van der Waals surface area contributed by atoms with Crippen molar-refractivity contribution < 1.29 is 9.59 Å². The van der Waals surface area contributed by atoms with Crippen molar-refractivity contribution >= 4 is 12.2 Å². The van der Waals surface area contributed by atoms with Crippen molar-refractivity contribution in [2.75, 3.05) is 13.6 Å². The third-order valence-corrected chi connectivity index (χ3v) is 2.44. The Labute approximate surface area is 78.3 Å². The second-order valence-electron chi connectivity index (χ2n) is 3.50. The van der Waals surface area contributed by atoms with Gasteiger partial charge in [-0.25, -0.2) is 0 Å². The average molecular weight is 184 g/mol. The van der Waals surface area contributed by atoms with Gasteiger partial charge in [0.25, 0.3) is 0 Å². The van der Waals surface area contributed by atoms with Crippen LogP contribution >= 0.6 is 0 Å². The average Bonchev–Trinajstić information content (AvgIpc) is 2.46. The number of carbonyl (C=O) groups excluding carboxylic acids is 2. The van der Waals surface area contributed by atoms with E-state index in [0.29, 0.717) is 6.42 Å². The Kier molecular flexibility index (Phi) is 3.42. The fourth-order valence-corrected chi connectivity index (χ4v) is 1.62. The summed E-state index contributed by atoms with van der Waals surface area (Å²) in [5.74, 6) is 0.0601. The van der Waals surface area contributed by atoms with E-state index in [2.05, 4.69) is 5.32 Å². The maximum absolute atomic E-state index is 11.1. The van der Waals surface area contributed by atoms with Gasteiger partial charge in [0.15, 0.2) is 0 Å². The third kappa shape index (κ3) is 2.52. The van der Waals surface area contributed by atoms with Gasteiger partial charge in [0, 0.05) is 19.0 Å². The molecule has 0 aromatic heterocycles. The fourth-order valence-electron chi connectivity index (χ4n) is 1.62. The molecule has 0 bridgehead atoms. The maximum atomic E-state index is 11.1. The summed E-state index contributed by atoms with van der Waals surface area (Å²) in [5.41, 5.74) is 0. The first-order chi connectivity index (χ1) is 6.17. The van der Waals surface area contributed by atoms with E-state index in [-0.39, 0.29) is 18.0 Å². The zero-order valence-corrected chi connectivity index (χ0v) is 8.12. The molecule has 13 heavy (non-hydrogen) atoms. The van der Waals surface area contributed by atoms with Gasteiger partial charge >= 0.3 is 0 Å². The van der Waals surface area contributed by atoms with E-state index < -0.39 is 0 Å². The summed E-state index contributed by atoms with van der Waals surface area (Å²) in [6.45, 7) is 2.60. The van der Waals surface area contributed by atoms with E-state index in [4.69, 9.17) is 0 Å². The highest BCUT2D eigenvalue weighted by Gasteiger charge is 2.29. The third-order valence-electron chi connectivity index (χ3n) is 2.44. The summed E-state index contributed by atoms with van der Waals surface area (Å²) in [7, 11) is 1.90. The van der Waals surface area contributed by atoms with Crippen LogP contribution in [0.3, 0.4) is 0 Å². The van der Waals surface area contributed by atoms with Crippen LogP contribution in [0.5, 0.6) is 0 Å². The molecule has 74 valence electrons. The van der Waals surface area contributed by atoms with E-state index >= 15 is 0 Å². The van der Waals surface area contributed by atoms with E-state index in [1.165, 1.54) is 0 Å². The smallest absolute Gasteiger partial charge is 0.219 e. The van der Waals surface area contributed by atoms with Crippen LogP contribution in [0.4, 0.5) is 0 Å². The summed E-state index contributed by atoms with van der Waals surface area (Å²) >= 11 is 0. The molecule has 1 N–H and O–H groups in total. The van der Waals surface area contributed by atoms with Crippen molar-refractivity contribution in [3.8, 4) is 0 Å².